The van der Waals surface area contributed by atoms with Gasteiger partial charge in [-0.2, -0.15) is 0 Å². The molecule has 0 aliphatic carbocycles. The van der Waals surface area contributed by atoms with E-state index >= 15 is 0 Å². The molecule has 5 atom stereocenters. The highest BCUT2D eigenvalue weighted by molar-refractivity contribution is 7.47. The molecule has 0 saturated heterocycles. The van der Waals surface area contributed by atoms with Gasteiger partial charge >= 0.3 is 39.5 Å². The van der Waals surface area contributed by atoms with Crippen molar-refractivity contribution in [2.75, 3.05) is 39.6 Å². The maximum Gasteiger partial charge on any atom is 0.472 e. The average molecular weight is 1440 g/mol. The van der Waals surface area contributed by atoms with Crippen molar-refractivity contribution in [1.82, 2.24) is 0 Å². The van der Waals surface area contributed by atoms with E-state index in [0.717, 1.165) is 108 Å². The van der Waals surface area contributed by atoms with Gasteiger partial charge in [-0.1, -0.05) is 357 Å². The largest absolute Gasteiger partial charge is 0.472 e. The molecule has 0 rings (SSSR count). The zero-order chi connectivity index (χ0) is 72.3. The van der Waals surface area contributed by atoms with E-state index in [-0.39, 0.29) is 25.7 Å². The van der Waals surface area contributed by atoms with E-state index in [9.17, 15) is 43.2 Å². The van der Waals surface area contributed by atoms with E-state index < -0.39 is 97.5 Å². The van der Waals surface area contributed by atoms with Crippen molar-refractivity contribution in [3.8, 4) is 0 Å². The summed E-state index contributed by atoms with van der Waals surface area (Å²) >= 11 is 0. The molecule has 0 spiro atoms. The maximum atomic E-state index is 13.1. The van der Waals surface area contributed by atoms with Crippen LogP contribution >= 0.6 is 15.6 Å². The highest BCUT2D eigenvalue weighted by Gasteiger charge is 2.30. The summed E-state index contributed by atoms with van der Waals surface area (Å²) in [4.78, 5) is 73.0. The van der Waals surface area contributed by atoms with Gasteiger partial charge in [0.25, 0.3) is 0 Å². The predicted molar refractivity (Wildman–Crippen MR) is 400 cm³/mol. The quantitative estimate of drug-likeness (QED) is 0.0222. The van der Waals surface area contributed by atoms with E-state index in [1.165, 1.54) is 218 Å². The number of esters is 4. The molecule has 582 valence electrons. The van der Waals surface area contributed by atoms with Crippen LogP contribution < -0.4 is 0 Å². The smallest absolute Gasteiger partial charge is 0.462 e. The number of rotatable bonds is 77. The number of aliphatic hydroxyl groups excluding tert-OH is 1. The van der Waals surface area contributed by atoms with Crippen LogP contribution in [-0.2, 0) is 65.4 Å². The van der Waals surface area contributed by atoms with Gasteiger partial charge in [0.15, 0.2) is 12.2 Å². The fourth-order valence-electron chi connectivity index (χ4n) is 12.1. The topological polar surface area (TPSA) is 237 Å². The van der Waals surface area contributed by atoms with Gasteiger partial charge in [0.2, 0.25) is 0 Å². The molecular formula is C79H154O17P2. The van der Waals surface area contributed by atoms with E-state index in [1.54, 1.807) is 0 Å². The van der Waals surface area contributed by atoms with Crippen molar-refractivity contribution in [1.29, 1.82) is 0 Å². The summed E-state index contributed by atoms with van der Waals surface area (Å²) in [5.41, 5.74) is 0. The van der Waals surface area contributed by atoms with Crippen LogP contribution in [0.5, 0.6) is 0 Å². The van der Waals surface area contributed by atoms with Crippen LogP contribution in [0.4, 0.5) is 0 Å². The first-order valence-corrected chi connectivity index (χ1v) is 43.8. The zero-order valence-corrected chi connectivity index (χ0v) is 66.0. The Morgan fingerprint density at radius 2 is 0.469 bits per heavy atom. The second-order valence-electron chi connectivity index (χ2n) is 29.9. The number of carbonyl (C=O) groups is 4. The first-order chi connectivity index (χ1) is 47.2. The fraction of sp³-hybridized carbons (Fsp3) is 0.949. The number of unbranched alkanes of at least 4 members (excludes halogenated alkanes) is 45. The molecule has 17 nitrogen and oxygen atoms in total. The van der Waals surface area contributed by atoms with Crippen LogP contribution in [0.15, 0.2) is 0 Å². The lowest BCUT2D eigenvalue weighted by atomic mass is 10.0. The third-order valence-electron chi connectivity index (χ3n) is 18.4. The lowest BCUT2D eigenvalue weighted by molar-refractivity contribution is -0.161. The zero-order valence-electron chi connectivity index (χ0n) is 64.3. The molecule has 3 N–H and O–H groups in total. The van der Waals surface area contributed by atoms with Crippen LogP contribution in [0, 0.1) is 17.8 Å². The molecule has 0 amide bonds. The summed E-state index contributed by atoms with van der Waals surface area (Å²) < 4.78 is 68.7. The minimum absolute atomic E-state index is 0.107. The number of phosphoric ester groups is 2. The number of ether oxygens (including phenoxy) is 4. The van der Waals surface area contributed by atoms with Gasteiger partial charge in [-0.05, 0) is 43.4 Å². The SMILES string of the molecule is CCCCCCCCCCCCCC(=O)OC[C@H](COP(=O)(O)OC[C@H](O)COP(=O)(O)OC[C@@H](COC(=O)CCCCCCCCCCCCCCC(C)C)OC(=O)CCCCCCCCCCCCCCCCCC(C)C)OC(=O)CCCCCCCCCCCCCC(C)C. The Morgan fingerprint density at radius 1 is 0.276 bits per heavy atom. The summed E-state index contributed by atoms with van der Waals surface area (Å²) in [6.45, 7) is 12.0. The number of hydrogen-bond donors (Lipinski definition) is 3. The molecule has 2 unspecified atom stereocenters. The van der Waals surface area contributed by atoms with Crippen LogP contribution in [-0.4, -0.2) is 96.7 Å². The number of phosphoric acid groups is 2. The number of hydrogen-bond acceptors (Lipinski definition) is 15. The molecule has 0 aromatic heterocycles. The average Bonchev–Trinajstić information content (AvgIpc) is 1.09. The second-order valence-corrected chi connectivity index (χ2v) is 32.8. The van der Waals surface area contributed by atoms with Gasteiger partial charge in [0.1, 0.15) is 19.3 Å². The molecule has 0 aliphatic rings. The van der Waals surface area contributed by atoms with Crippen molar-refractivity contribution in [2.24, 2.45) is 17.8 Å². The Hall–Kier alpha value is -1.94. The molecule has 0 saturated carbocycles. The van der Waals surface area contributed by atoms with Gasteiger partial charge < -0.3 is 33.8 Å². The summed E-state index contributed by atoms with van der Waals surface area (Å²) in [5, 5.41) is 10.6. The van der Waals surface area contributed by atoms with Crippen LogP contribution in [0.2, 0.25) is 0 Å². The highest BCUT2D eigenvalue weighted by Crippen LogP contribution is 2.45. The Labute approximate surface area is 600 Å². The third-order valence-corrected chi connectivity index (χ3v) is 20.3. The molecule has 98 heavy (non-hydrogen) atoms. The first-order valence-electron chi connectivity index (χ1n) is 40.8. The molecule has 0 aliphatic heterocycles. The van der Waals surface area contributed by atoms with E-state index in [4.69, 9.17) is 37.0 Å². The van der Waals surface area contributed by atoms with E-state index in [0.29, 0.717) is 25.7 Å². The molecule has 0 aromatic rings. The third kappa shape index (κ3) is 72.4. The summed E-state index contributed by atoms with van der Waals surface area (Å²) in [5.74, 6) is 0.238. The van der Waals surface area contributed by atoms with Gasteiger partial charge in [-0.15, -0.1) is 0 Å². The van der Waals surface area contributed by atoms with E-state index in [2.05, 4.69) is 48.5 Å². The van der Waals surface area contributed by atoms with Gasteiger partial charge in [-0.25, -0.2) is 9.13 Å². The van der Waals surface area contributed by atoms with Gasteiger partial charge in [0.05, 0.1) is 26.4 Å². The molecule has 19 heteroatoms. The molecule has 0 bridgehead atoms. The van der Waals surface area contributed by atoms with Crippen molar-refractivity contribution in [3.05, 3.63) is 0 Å². The first kappa shape index (κ1) is 96.1. The van der Waals surface area contributed by atoms with Crippen molar-refractivity contribution >= 4 is 39.5 Å². The Kier molecular flexibility index (Phi) is 68.1. The predicted octanol–water partition coefficient (Wildman–Crippen LogP) is 23.4. The normalized spacial score (nSPS) is 14.0. The molecule has 0 heterocycles. The van der Waals surface area contributed by atoms with Crippen molar-refractivity contribution < 1.29 is 80.2 Å². The summed E-state index contributed by atoms with van der Waals surface area (Å²) in [7, 11) is -9.92. The number of carbonyl (C=O) groups excluding carboxylic acids is 4. The summed E-state index contributed by atoms with van der Waals surface area (Å²) in [6, 6.07) is 0. The molecule has 0 fully saturated rings. The van der Waals surface area contributed by atoms with Gasteiger partial charge in [0, 0.05) is 25.7 Å². The highest BCUT2D eigenvalue weighted by atomic mass is 31.2. The molecular weight excluding hydrogens is 1280 g/mol. The lowest BCUT2D eigenvalue weighted by Crippen LogP contribution is -2.30. The lowest BCUT2D eigenvalue weighted by Gasteiger charge is -2.21. The van der Waals surface area contributed by atoms with Crippen LogP contribution in [0.25, 0.3) is 0 Å². The maximum absolute atomic E-state index is 13.1. The second kappa shape index (κ2) is 69.4. The fourth-order valence-corrected chi connectivity index (χ4v) is 13.7. The Bertz CT molecular complexity index is 1900. The van der Waals surface area contributed by atoms with Crippen LogP contribution in [0.3, 0.4) is 0 Å². The Morgan fingerprint density at radius 3 is 0.694 bits per heavy atom. The molecule has 0 aromatic carbocycles. The molecule has 0 radical (unpaired) electrons. The minimum atomic E-state index is -4.96. The van der Waals surface area contributed by atoms with E-state index in [1.807, 2.05) is 0 Å². The van der Waals surface area contributed by atoms with Crippen molar-refractivity contribution in [2.45, 2.75) is 426 Å². The van der Waals surface area contributed by atoms with Crippen molar-refractivity contribution in [3.63, 3.8) is 0 Å². The van der Waals surface area contributed by atoms with Crippen LogP contribution in [0.1, 0.15) is 408 Å². The standard InChI is InChI=1S/C79H154O17P2/c1-8-9-10-11-12-13-22-32-39-46-53-60-76(81)89-66-74(96-79(84)63-56-49-42-35-28-21-25-31-38-45-52-59-72(6)7)68-93-97(85,86)91-64-73(80)65-92-98(87,88)94-69-75(67-90-77(82)61-54-47-40-33-26-20-19-24-30-37-44-51-58-71(4)5)95-78(83)62-55-48-41-34-27-18-16-14-15-17-23-29-36-43-50-57-70(2)3/h70-75,80H,8-69H2,1-7H3,(H,85,86)(H,87,88)/t73-,74+,75+/m0/s1. The number of aliphatic hydroxyl groups is 1. The van der Waals surface area contributed by atoms with Gasteiger partial charge in [-0.3, -0.25) is 37.3 Å². The Balaban J connectivity index is 5.26. The monoisotopic (exact) mass is 1440 g/mol. The minimum Gasteiger partial charge on any atom is -0.462 e. The summed E-state index contributed by atoms with van der Waals surface area (Å²) in [6.07, 6.45) is 56.7.